The molecule has 0 aliphatic carbocycles. The normalized spacial score (nSPS) is 13.6. The van der Waals surface area contributed by atoms with Crippen molar-refractivity contribution < 1.29 is 23.9 Å². The summed E-state index contributed by atoms with van der Waals surface area (Å²) in [5.41, 5.74) is 0.291. The van der Waals surface area contributed by atoms with E-state index in [1.54, 1.807) is 0 Å². The van der Waals surface area contributed by atoms with Crippen molar-refractivity contribution in [3.8, 4) is 0 Å². The molecule has 1 heterocycles. The molecule has 34 heavy (non-hydrogen) atoms. The van der Waals surface area contributed by atoms with Crippen LogP contribution in [0.4, 0.5) is 5.69 Å². The van der Waals surface area contributed by atoms with Gasteiger partial charge in [-0.25, -0.2) is 4.79 Å². The van der Waals surface area contributed by atoms with E-state index in [-0.39, 0.29) is 31.2 Å². The SMILES string of the molecule is CCCCCOC(=O)c1ccc(NC(=O)C(C)N2C(=O)c3c(Cl)c(Cl)c(Cl)c(Cl)c3C2=O)cc1. The molecule has 11 heteroatoms. The summed E-state index contributed by atoms with van der Waals surface area (Å²) >= 11 is 24.3. The predicted molar refractivity (Wildman–Crippen MR) is 131 cm³/mol. The van der Waals surface area contributed by atoms with Gasteiger partial charge >= 0.3 is 5.97 Å². The molecule has 1 atom stereocenters. The maximum absolute atomic E-state index is 12.9. The number of halogens is 4. The minimum atomic E-state index is -1.21. The topological polar surface area (TPSA) is 92.8 Å². The van der Waals surface area contributed by atoms with Gasteiger partial charge in [-0.2, -0.15) is 0 Å². The van der Waals surface area contributed by atoms with Gasteiger partial charge in [-0.05, 0) is 37.6 Å². The number of anilines is 1. The Balaban J connectivity index is 1.71. The molecule has 0 radical (unpaired) electrons. The maximum atomic E-state index is 12.9. The van der Waals surface area contributed by atoms with Crippen LogP contribution in [0, 0.1) is 0 Å². The number of ether oxygens (including phenoxy) is 1. The van der Waals surface area contributed by atoms with Crippen LogP contribution in [0.25, 0.3) is 0 Å². The van der Waals surface area contributed by atoms with Crippen molar-refractivity contribution in [1.82, 2.24) is 4.90 Å². The fourth-order valence-corrected chi connectivity index (χ4v) is 4.39. The van der Waals surface area contributed by atoms with Gasteiger partial charge in [0.15, 0.2) is 0 Å². The average molecular weight is 546 g/mol. The zero-order valence-corrected chi connectivity index (χ0v) is 21.2. The van der Waals surface area contributed by atoms with Gasteiger partial charge in [0.05, 0.1) is 43.4 Å². The van der Waals surface area contributed by atoms with E-state index < -0.39 is 29.7 Å². The summed E-state index contributed by atoms with van der Waals surface area (Å²) < 4.78 is 5.20. The molecule has 1 aliphatic rings. The summed E-state index contributed by atoms with van der Waals surface area (Å²) in [6, 6.07) is 4.84. The number of carbonyl (C=O) groups excluding carboxylic acids is 4. The molecule has 0 bridgehead atoms. The molecule has 1 aliphatic heterocycles. The van der Waals surface area contributed by atoms with E-state index in [0.717, 1.165) is 24.2 Å². The van der Waals surface area contributed by atoms with E-state index in [4.69, 9.17) is 51.1 Å². The minimum Gasteiger partial charge on any atom is -0.462 e. The standard InChI is InChI=1S/C23H20Cl4N2O5/c1-3-4-5-10-34-23(33)12-6-8-13(9-7-12)28-20(30)11(2)29-21(31)14-15(22(29)32)17(25)19(27)18(26)16(14)24/h6-9,11H,3-5,10H2,1-2H3,(H,28,30). The molecule has 180 valence electrons. The molecule has 1 N–H and O–H groups in total. The Morgan fingerprint density at radius 1 is 0.912 bits per heavy atom. The van der Waals surface area contributed by atoms with Crippen LogP contribution in [0.5, 0.6) is 0 Å². The Kier molecular flexibility index (Phi) is 8.47. The number of carbonyl (C=O) groups is 4. The number of hydrogen-bond acceptors (Lipinski definition) is 5. The van der Waals surface area contributed by atoms with Gasteiger partial charge in [0.2, 0.25) is 5.91 Å². The van der Waals surface area contributed by atoms with Crippen LogP contribution in [0.3, 0.4) is 0 Å². The highest BCUT2D eigenvalue weighted by Crippen LogP contribution is 2.45. The third-order valence-corrected chi connectivity index (χ3v) is 7.07. The lowest BCUT2D eigenvalue weighted by Gasteiger charge is -2.21. The first-order chi connectivity index (χ1) is 16.1. The van der Waals surface area contributed by atoms with E-state index in [2.05, 4.69) is 12.2 Å². The van der Waals surface area contributed by atoms with Crippen molar-refractivity contribution in [1.29, 1.82) is 0 Å². The van der Waals surface area contributed by atoms with Gasteiger partial charge in [0, 0.05) is 5.69 Å². The number of benzene rings is 2. The Morgan fingerprint density at radius 3 is 1.94 bits per heavy atom. The molecule has 0 fully saturated rings. The monoisotopic (exact) mass is 544 g/mol. The Bertz CT molecular complexity index is 1120. The third kappa shape index (κ3) is 5.03. The smallest absolute Gasteiger partial charge is 0.338 e. The number of unbranched alkanes of at least 4 members (excludes halogenated alkanes) is 2. The molecule has 0 aromatic heterocycles. The Hall–Kier alpha value is -2.32. The minimum absolute atomic E-state index is 0.156. The van der Waals surface area contributed by atoms with Crippen LogP contribution in [0.2, 0.25) is 20.1 Å². The summed E-state index contributed by atoms with van der Waals surface area (Å²) in [5.74, 6) is -2.73. The second-order valence-corrected chi connectivity index (χ2v) is 9.08. The quantitative estimate of drug-likeness (QED) is 0.139. The third-order valence-electron chi connectivity index (χ3n) is 5.27. The molecule has 0 saturated carbocycles. The van der Waals surface area contributed by atoms with Crippen molar-refractivity contribution in [2.45, 2.75) is 39.2 Å². The lowest BCUT2D eigenvalue weighted by molar-refractivity contribution is -0.119. The van der Waals surface area contributed by atoms with Crippen LogP contribution in [-0.2, 0) is 9.53 Å². The first kappa shape index (κ1) is 26.3. The van der Waals surface area contributed by atoms with E-state index in [9.17, 15) is 19.2 Å². The summed E-state index contributed by atoms with van der Waals surface area (Å²) in [4.78, 5) is 51.5. The van der Waals surface area contributed by atoms with Crippen LogP contribution >= 0.6 is 46.4 Å². The highest BCUT2D eigenvalue weighted by Gasteiger charge is 2.45. The number of hydrogen-bond donors (Lipinski definition) is 1. The number of fused-ring (bicyclic) bond motifs is 1. The van der Waals surface area contributed by atoms with Crippen molar-refractivity contribution in [3.63, 3.8) is 0 Å². The van der Waals surface area contributed by atoms with Gasteiger partial charge in [-0.15, -0.1) is 0 Å². The summed E-state index contributed by atoms with van der Waals surface area (Å²) in [6.07, 6.45) is 2.79. The predicted octanol–water partition coefficient (Wildman–Crippen LogP) is 6.27. The van der Waals surface area contributed by atoms with Crippen LogP contribution in [0.15, 0.2) is 24.3 Å². The lowest BCUT2D eigenvalue weighted by atomic mass is 10.1. The van der Waals surface area contributed by atoms with Crippen molar-refractivity contribution >= 4 is 75.8 Å². The summed E-state index contributed by atoms with van der Waals surface area (Å²) in [6.45, 7) is 3.77. The number of amides is 3. The Morgan fingerprint density at radius 2 is 1.44 bits per heavy atom. The summed E-state index contributed by atoms with van der Waals surface area (Å²) in [7, 11) is 0. The highest BCUT2D eigenvalue weighted by molar-refractivity contribution is 6.55. The zero-order valence-electron chi connectivity index (χ0n) is 18.2. The fraction of sp³-hybridized carbons (Fsp3) is 0.304. The average Bonchev–Trinajstić information content (AvgIpc) is 3.08. The summed E-state index contributed by atoms with van der Waals surface area (Å²) in [5, 5.41) is 1.87. The lowest BCUT2D eigenvalue weighted by Crippen LogP contribution is -2.45. The van der Waals surface area contributed by atoms with Crippen LogP contribution in [-0.4, -0.2) is 41.2 Å². The molecule has 7 nitrogen and oxygen atoms in total. The van der Waals surface area contributed by atoms with Crippen molar-refractivity contribution in [3.05, 3.63) is 61.0 Å². The molecule has 3 amide bonds. The van der Waals surface area contributed by atoms with Gasteiger partial charge < -0.3 is 10.1 Å². The van der Waals surface area contributed by atoms with E-state index in [1.807, 2.05) is 0 Å². The second kappa shape index (κ2) is 11.0. The highest BCUT2D eigenvalue weighted by atomic mass is 35.5. The van der Waals surface area contributed by atoms with Crippen molar-refractivity contribution in [2.75, 3.05) is 11.9 Å². The molecule has 0 saturated heterocycles. The molecule has 1 unspecified atom stereocenters. The van der Waals surface area contributed by atoms with E-state index in [0.29, 0.717) is 17.9 Å². The Labute approximate surface area is 216 Å². The van der Waals surface area contributed by atoms with E-state index >= 15 is 0 Å². The largest absolute Gasteiger partial charge is 0.462 e. The van der Waals surface area contributed by atoms with Crippen LogP contribution in [0.1, 0.15) is 64.2 Å². The van der Waals surface area contributed by atoms with Crippen LogP contribution < -0.4 is 5.32 Å². The molecular weight excluding hydrogens is 526 g/mol. The number of esters is 1. The molecule has 2 aromatic rings. The molecule has 3 rings (SSSR count). The van der Waals surface area contributed by atoms with Gasteiger partial charge in [-0.1, -0.05) is 66.2 Å². The first-order valence-corrected chi connectivity index (χ1v) is 11.9. The maximum Gasteiger partial charge on any atom is 0.338 e. The number of nitrogens with one attached hydrogen (secondary N) is 1. The fourth-order valence-electron chi connectivity index (χ4n) is 3.37. The van der Waals surface area contributed by atoms with Gasteiger partial charge in [0.1, 0.15) is 6.04 Å². The second-order valence-electron chi connectivity index (χ2n) is 7.57. The number of imide groups is 1. The zero-order chi connectivity index (χ0) is 25.2. The number of rotatable bonds is 8. The first-order valence-electron chi connectivity index (χ1n) is 10.4. The van der Waals surface area contributed by atoms with E-state index in [1.165, 1.54) is 31.2 Å². The van der Waals surface area contributed by atoms with Crippen molar-refractivity contribution in [2.24, 2.45) is 0 Å². The molecular formula is C23H20Cl4N2O5. The number of nitrogens with zero attached hydrogens (tertiary/aromatic N) is 1. The van der Waals surface area contributed by atoms with Gasteiger partial charge in [-0.3, -0.25) is 19.3 Å². The molecule has 0 spiro atoms. The molecule has 2 aromatic carbocycles. The van der Waals surface area contributed by atoms with Gasteiger partial charge in [0.25, 0.3) is 11.8 Å².